The van der Waals surface area contributed by atoms with Gasteiger partial charge in [0.15, 0.2) is 0 Å². The van der Waals surface area contributed by atoms with E-state index >= 15 is 0 Å². The molecule has 0 unspecified atom stereocenters. The van der Waals surface area contributed by atoms with Crippen molar-refractivity contribution in [3.63, 3.8) is 0 Å². The first kappa shape index (κ1) is 16.7. The first-order valence-corrected chi connectivity index (χ1v) is 10.4. The van der Waals surface area contributed by atoms with E-state index in [-0.39, 0.29) is 26.7 Å². The molecule has 2 atom stereocenters. The van der Waals surface area contributed by atoms with Gasteiger partial charge in [-0.15, -0.1) is 0 Å². The summed E-state index contributed by atoms with van der Waals surface area (Å²) in [5.74, 6) is 0. The van der Waals surface area contributed by atoms with E-state index in [4.69, 9.17) is 4.74 Å². The summed E-state index contributed by atoms with van der Waals surface area (Å²) >= 11 is 0.285. The number of rotatable bonds is 6. The molecule has 2 nitrogen and oxygen atoms in total. The number of aliphatic hydroxyl groups excluding tert-OH is 1. The van der Waals surface area contributed by atoms with Crippen LogP contribution in [0.5, 0.6) is 0 Å². The van der Waals surface area contributed by atoms with Gasteiger partial charge >= 0.3 is 145 Å². The van der Waals surface area contributed by atoms with Crippen LogP contribution in [0.1, 0.15) is 43.4 Å². The number of benzene rings is 2. The minimum absolute atomic E-state index is 0.133. The Morgan fingerprint density at radius 2 is 1.87 bits per heavy atom. The van der Waals surface area contributed by atoms with Crippen molar-refractivity contribution in [2.24, 2.45) is 0 Å². The first-order valence-electron chi connectivity index (χ1n) is 8.34. The second kappa shape index (κ2) is 7.63. The molecule has 122 valence electrons. The molecule has 1 saturated heterocycles. The second-order valence-electron chi connectivity index (χ2n) is 6.06. The normalized spacial score (nSPS) is 22.2. The quantitative estimate of drug-likeness (QED) is 0.782. The van der Waals surface area contributed by atoms with Gasteiger partial charge in [-0.2, -0.15) is 0 Å². The van der Waals surface area contributed by atoms with Crippen LogP contribution in [-0.4, -0.2) is 26.7 Å². The van der Waals surface area contributed by atoms with E-state index in [0.29, 0.717) is 0 Å². The zero-order chi connectivity index (χ0) is 16.1. The molecule has 2 aromatic carbocycles. The van der Waals surface area contributed by atoms with Gasteiger partial charge in [-0.3, -0.25) is 0 Å². The molecule has 0 aromatic heterocycles. The van der Waals surface area contributed by atoms with Gasteiger partial charge in [0.25, 0.3) is 0 Å². The summed E-state index contributed by atoms with van der Waals surface area (Å²) in [5.41, 5.74) is 2.26. The van der Waals surface area contributed by atoms with Gasteiger partial charge in [-0.1, -0.05) is 0 Å². The Hall–Kier alpha value is -1.12. The summed E-state index contributed by atoms with van der Waals surface area (Å²) < 4.78 is 7.53. The molecule has 3 rings (SSSR count). The number of hydrogen-bond acceptors (Lipinski definition) is 2. The molecule has 0 saturated carbocycles. The van der Waals surface area contributed by atoms with Crippen molar-refractivity contribution in [1.29, 1.82) is 0 Å². The molecule has 0 bridgehead atoms. The van der Waals surface area contributed by atoms with E-state index in [1.807, 2.05) is 13.0 Å². The summed E-state index contributed by atoms with van der Waals surface area (Å²) in [4.78, 5) is 0. The molecule has 0 spiro atoms. The van der Waals surface area contributed by atoms with Gasteiger partial charge < -0.3 is 0 Å². The second-order valence-corrected chi connectivity index (χ2v) is 8.20. The van der Waals surface area contributed by atoms with Gasteiger partial charge in [0.1, 0.15) is 0 Å². The van der Waals surface area contributed by atoms with Gasteiger partial charge in [-0.05, 0) is 0 Å². The van der Waals surface area contributed by atoms with Crippen LogP contribution in [0.25, 0.3) is 0 Å². The molecule has 23 heavy (non-hydrogen) atoms. The molecule has 1 aliphatic heterocycles. The Bertz CT molecular complexity index is 621. The van der Waals surface area contributed by atoms with E-state index in [1.165, 1.54) is 10.0 Å². The van der Waals surface area contributed by atoms with Gasteiger partial charge in [0.2, 0.25) is 0 Å². The van der Waals surface area contributed by atoms with Gasteiger partial charge in [0, 0.05) is 0 Å². The molecule has 0 amide bonds. The molecular weight excluding hydrogens is 351 g/mol. The zero-order valence-corrected chi connectivity index (χ0v) is 15.3. The fourth-order valence-corrected chi connectivity index (χ4v) is 5.95. The van der Waals surface area contributed by atoms with E-state index in [1.54, 1.807) is 0 Å². The van der Waals surface area contributed by atoms with Crippen LogP contribution in [0.2, 0.25) is 5.32 Å². The number of hydrogen-bond donors (Lipinski definition) is 1. The van der Waals surface area contributed by atoms with Crippen LogP contribution in [0.15, 0.2) is 54.6 Å². The maximum absolute atomic E-state index is 10.3. The summed E-state index contributed by atoms with van der Waals surface area (Å²) in [7, 11) is 0. The van der Waals surface area contributed by atoms with Crippen molar-refractivity contribution < 1.29 is 9.84 Å². The Morgan fingerprint density at radius 1 is 1.13 bits per heavy atom. The van der Waals surface area contributed by atoms with Crippen molar-refractivity contribution in [1.82, 2.24) is 0 Å². The van der Waals surface area contributed by atoms with Gasteiger partial charge in [-0.25, -0.2) is 0 Å². The van der Waals surface area contributed by atoms with Crippen LogP contribution in [-0.2, 0) is 10.3 Å². The summed E-state index contributed by atoms with van der Waals surface area (Å²) in [6, 6.07) is 19.0. The Balaban J connectivity index is 1.81. The van der Waals surface area contributed by atoms with Crippen molar-refractivity contribution in [3.8, 4) is 0 Å². The minimum atomic E-state index is -0.356. The predicted molar refractivity (Wildman–Crippen MR) is 95.2 cm³/mol. The van der Waals surface area contributed by atoms with Crippen LogP contribution < -0.4 is 4.46 Å². The molecule has 1 aliphatic rings. The molecule has 1 heterocycles. The Morgan fingerprint density at radius 3 is 2.57 bits per heavy atom. The van der Waals surface area contributed by atoms with E-state index in [2.05, 4.69) is 48.5 Å². The first-order chi connectivity index (χ1) is 11.2. The van der Waals surface area contributed by atoms with Crippen molar-refractivity contribution in [3.05, 3.63) is 65.7 Å². The summed E-state index contributed by atoms with van der Waals surface area (Å²) in [5, 5.41) is 11.3. The summed E-state index contributed by atoms with van der Waals surface area (Å²) in [6.07, 6.45) is 2.62. The zero-order valence-electron chi connectivity index (χ0n) is 13.6. The number of aliphatic hydroxyl groups is 1. The average molecular weight is 375 g/mol. The third-order valence-corrected chi connectivity index (χ3v) is 7.24. The van der Waals surface area contributed by atoms with Crippen LogP contribution >= 0.6 is 0 Å². The predicted octanol–water partition coefficient (Wildman–Crippen LogP) is 3.58. The van der Waals surface area contributed by atoms with Crippen molar-refractivity contribution in [2.75, 3.05) is 6.61 Å². The monoisotopic (exact) mass is 376 g/mol. The molecule has 1 fully saturated rings. The van der Waals surface area contributed by atoms with Crippen molar-refractivity contribution in [2.45, 2.75) is 43.2 Å². The molecule has 2 aromatic rings. The standard InChI is InChI=1S/C20H24O2Se/c1-2-18(21)17-11-6-7-12-19(17)23-15-20(13-8-14-22-20)16-9-4-3-5-10-16/h3-7,9-12,18,21H,2,8,13-15H2,1H3/t18-,20-/m0/s1. The average Bonchev–Trinajstić information content (AvgIpc) is 3.10. The molecule has 0 aliphatic carbocycles. The van der Waals surface area contributed by atoms with Crippen LogP contribution in [0.4, 0.5) is 0 Å². The van der Waals surface area contributed by atoms with Gasteiger partial charge in [0.05, 0.1) is 0 Å². The Labute approximate surface area is 145 Å². The van der Waals surface area contributed by atoms with E-state index < -0.39 is 0 Å². The Kier molecular flexibility index (Phi) is 5.55. The fraction of sp³-hybridized carbons (Fsp3) is 0.400. The summed E-state index contributed by atoms with van der Waals surface area (Å²) in [6.45, 7) is 2.88. The molecule has 0 radical (unpaired) electrons. The maximum atomic E-state index is 10.3. The third kappa shape index (κ3) is 3.69. The molecule has 3 heteroatoms. The third-order valence-electron chi connectivity index (χ3n) is 4.53. The molecule has 1 N–H and O–H groups in total. The number of ether oxygens (including phenoxy) is 1. The van der Waals surface area contributed by atoms with Crippen LogP contribution in [0.3, 0.4) is 0 Å². The fourth-order valence-electron chi connectivity index (χ4n) is 3.17. The van der Waals surface area contributed by atoms with Crippen molar-refractivity contribution >= 4 is 19.4 Å². The SMILES string of the molecule is CC[C@H](O)c1ccccc1[Se]C[C@]1(c2ccccc2)CCCO1. The molecular formula is C20H24O2Se. The van der Waals surface area contributed by atoms with E-state index in [0.717, 1.165) is 36.8 Å². The topological polar surface area (TPSA) is 29.5 Å². The van der Waals surface area contributed by atoms with E-state index in [9.17, 15) is 5.11 Å². The van der Waals surface area contributed by atoms with Crippen LogP contribution in [0, 0.1) is 0 Å².